The topological polar surface area (TPSA) is 81.1 Å². The Hall–Kier alpha value is -6.44. The summed E-state index contributed by atoms with van der Waals surface area (Å²) in [4.78, 5) is 25.2. The first kappa shape index (κ1) is 41.3. The molecular weight excluding hydrogens is 681 g/mol. The minimum atomic E-state index is -0.839. The van der Waals surface area contributed by atoms with Crippen LogP contribution in [0.2, 0.25) is 0 Å². The fraction of sp³-hybridized carbons (Fsp3) is 0.184. The number of nitrogens with zero attached hydrogens (tertiary/aromatic N) is 2. The van der Waals surface area contributed by atoms with E-state index in [0.29, 0.717) is 13.1 Å². The van der Waals surface area contributed by atoms with Crippen LogP contribution in [0.1, 0.15) is 45.9 Å². The fourth-order valence-corrected chi connectivity index (χ4v) is 5.44. The van der Waals surface area contributed by atoms with Crippen LogP contribution >= 0.6 is 0 Å². The van der Waals surface area contributed by atoms with Crippen LogP contribution in [0, 0.1) is 23.7 Å². The highest BCUT2D eigenvalue weighted by Gasteiger charge is 2.05. The van der Waals surface area contributed by atoms with E-state index in [1.54, 1.807) is 23.9 Å². The van der Waals surface area contributed by atoms with Gasteiger partial charge in [-0.1, -0.05) is 158 Å². The average Bonchev–Trinajstić information content (AvgIpc) is 3.19. The lowest BCUT2D eigenvalue weighted by Crippen LogP contribution is -2.25. The van der Waals surface area contributed by atoms with Gasteiger partial charge >= 0.3 is 11.9 Å². The van der Waals surface area contributed by atoms with Crippen molar-refractivity contribution in [1.29, 1.82) is 0 Å². The van der Waals surface area contributed by atoms with Crippen molar-refractivity contribution in [2.24, 2.45) is 0 Å². The van der Waals surface area contributed by atoms with Gasteiger partial charge in [0.05, 0.1) is 13.1 Å². The smallest absolute Gasteiger partial charge is 0.317 e. The second kappa shape index (κ2) is 22.6. The molecule has 0 saturated carbocycles. The summed E-state index contributed by atoms with van der Waals surface area (Å²) in [5.74, 6) is 11.3. The minimum Gasteiger partial charge on any atom is -0.480 e. The number of benzene rings is 5. The first-order chi connectivity index (χ1) is 26.7. The first-order valence-electron chi connectivity index (χ1n) is 18.3. The maximum absolute atomic E-state index is 10.9. The fourth-order valence-electron chi connectivity index (χ4n) is 5.44. The Morgan fingerprint density at radius 3 is 1.27 bits per heavy atom. The van der Waals surface area contributed by atoms with E-state index in [0.717, 1.165) is 46.2 Å². The van der Waals surface area contributed by atoms with E-state index in [2.05, 4.69) is 79.1 Å². The number of hydrogen-bond donors (Lipinski definition) is 2. The van der Waals surface area contributed by atoms with Crippen LogP contribution in [0.5, 0.6) is 0 Å². The number of carboxylic acids is 2. The van der Waals surface area contributed by atoms with E-state index in [4.69, 9.17) is 10.2 Å². The Morgan fingerprint density at radius 1 is 0.527 bits per heavy atom. The quantitative estimate of drug-likeness (QED) is 0.119. The molecule has 5 rings (SSSR count). The maximum atomic E-state index is 10.9. The van der Waals surface area contributed by atoms with Gasteiger partial charge in [0.2, 0.25) is 0 Å². The predicted octanol–water partition coefficient (Wildman–Crippen LogP) is 8.43. The summed E-state index contributed by atoms with van der Waals surface area (Å²) in [6.07, 6.45) is 5.87. The second-order valence-corrected chi connectivity index (χ2v) is 13.1. The highest BCUT2D eigenvalue weighted by molar-refractivity contribution is 5.80. The lowest BCUT2D eigenvalue weighted by molar-refractivity contribution is -0.138. The molecule has 0 aliphatic rings. The monoisotopic (exact) mass is 728 g/mol. The molecule has 278 valence electrons. The van der Waals surface area contributed by atoms with Gasteiger partial charge in [0.1, 0.15) is 0 Å². The van der Waals surface area contributed by atoms with E-state index in [9.17, 15) is 9.59 Å². The highest BCUT2D eigenvalue weighted by atomic mass is 16.4. The van der Waals surface area contributed by atoms with Crippen LogP contribution in [0.4, 0.5) is 0 Å². The molecule has 0 amide bonds. The third-order valence-electron chi connectivity index (χ3n) is 8.44. The molecule has 0 spiro atoms. The van der Waals surface area contributed by atoms with Gasteiger partial charge in [0, 0.05) is 35.4 Å². The molecule has 0 atom stereocenters. The summed E-state index contributed by atoms with van der Waals surface area (Å²) in [7, 11) is 3.57. The number of carboxylic acid groups (broad SMARTS) is 2. The standard InChI is InChI=1S/C27H25NO2.C22H23NO2/c1-28(21-27(29)30)19-18-26(25-10-6-3-7-11-25)17-16-22-12-14-24(15-13-22)20-23-8-4-2-5-9-23;1-3-18-9-11-19(12-10-18)13-14-21(20-7-5-4-6-8-20)15-16-23(2)17-22(24)25/h2-15,18H,19-21H2,1H3,(H,29,30);4-12,15H,3,16-17H2,1-2H3,(H,24,25). The Balaban J connectivity index is 0.000000249. The number of allylic oxidation sites excluding steroid dienone is 2. The zero-order valence-electron chi connectivity index (χ0n) is 31.8. The van der Waals surface area contributed by atoms with Gasteiger partial charge < -0.3 is 10.2 Å². The number of aryl methyl sites for hydroxylation is 1. The minimum absolute atomic E-state index is 0.00444. The van der Waals surface area contributed by atoms with Crippen LogP contribution in [-0.2, 0) is 22.4 Å². The van der Waals surface area contributed by atoms with Crippen molar-refractivity contribution in [2.75, 3.05) is 40.3 Å². The molecule has 0 bridgehead atoms. The van der Waals surface area contributed by atoms with Crippen LogP contribution in [0.15, 0.2) is 152 Å². The van der Waals surface area contributed by atoms with Gasteiger partial charge in [-0.25, -0.2) is 0 Å². The van der Waals surface area contributed by atoms with Gasteiger partial charge in [-0.15, -0.1) is 0 Å². The summed E-state index contributed by atoms with van der Waals surface area (Å²) in [5, 5.41) is 17.8. The van der Waals surface area contributed by atoms with E-state index in [1.807, 2.05) is 103 Å². The van der Waals surface area contributed by atoms with Crippen molar-refractivity contribution >= 4 is 23.1 Å². The molecule has 0 fully saturated rings. The number of hydrogen-bond acceptors (Lipinski definition) is 4. The van der Waals surface area contributed by atoms with Crippen molar-refractivity contribution < 1.29 is 19.8 Å². The van der Waals surface area contributed by atoms with Crippen LogP contribution in [0.25, 0.3) is 11.1 Å². The molecule has 0 aromatic heterocycles. The van der Waals surface area contributed by atoms with Gasteiger partial charge in [0.15, 0.2) is 0 Å². The molecule has 0 heterocycles. The third-order valence-corrected chi connectivity index (χ3v) is 8.44. The van der Waals surface area contributed by atoms with E-state index >= 15 is 0 Å². The zero-order valence-corrected chi connectivity index (χ0v) is 31.8. The van der Waals surface area contributed by atoms with E-state index in [1.165, 1.54) is 16.7 Å². The van der Waals surface area contributed by atoms with Crippen molar-refractivity contribution in [3.8, 4) is 23.7 Å². The number of likely N-dealkylation sites (N-methyl/N-ethyl adjacent to an activating group) is 2. The number of aliphatic carboxylic acids is 2. The molecule has 0 unspecified atom stereocenters. The molecular formula is C49H48N2O4. The normalized spacial score (nSPS) is 11.1. The first-order valence-corrected chi connectivity index (χ1v) is 18.3. The van der Waals surface area contributed by atoms with E-state index in [-0.39, 0.29) is 13.1 Å². The van der Waals surface area contributed by atoms with Crippen molar-refractivity contribution in [2.45, 2.75) is 19.8 Å². The van der Waals surface area contributed by atoms with Crippen LogP contribution in [0.3, 0.4) is 0 Å². The predicted molar refractivity (Wildman–Crippen MR) is 224 cm³/mol. The number of carbonyl (C=O) groups is 2. The Morgan fingerprint density at radius 2 is 0.891 bits per heavy atom. The van der Waals surface area contributed by atoms with Gasteiger partial charge in [-0.2, -0.15) is 0 Å². The summed E-state index contributed by atoms with van der Waals surface area (Å²) in [5.41, 5.74) is 9.60. The molecule has 2 N–H and O–H groups in total. The largest absolute Gasteiger partial charge is 0.480 e. The van der Waals surface area contributed by atoms with Crippen molar-refractivity contribution in [3.05, 3.63) is 191 Å². The molecule has 0 aliphatic carbocycles. The Labute approximate surface area is 326 Å². The van der Waals surface area contributed by atoms with Crippen molar-refractivity contribution in [3.63, 3.8) is 0 Å². The van der Waals surface area contributed by atoms with Gasteiger partial charge in [-0.3, -0.25) is 19.4 Å². The number of rotatable bonds is 13. The van der Waals surface area contributed by atoms with Crippen LogP contribution in [-0.4, -0.2) is 72.2 Å². The second-order valence-electron chi connectivity index (χ2n) is 13.1. The summed E-state index contributed by atoms with van der Waals surface area (Å²) >= 11 is 0. The van der Waals surface area contributed by atoms with Gasteiger partial charge in [-0.05, 0) is 79.0 Å². The molecule has 5 aromatic rings. The Bertz CT molecular complexity index is 2140. The van der Waals surface area contributed by atoms with E-state index < -0.39 is 11.9 Å². The lowest BCUT2D eigenvalue weighted by Gasteiger charge is -2.11. The van der Waals surface area contributed by atoms with Crippen molar-refractivity contribution in [1.82, 2.24) is 9.80 Å². The summed E-state index contributed by atoms with van der Waals surface area (Å²) in [6.45, 7) is 3.17. The Kier molecular flexibility index (Phi) is 17.0. The molecule has 6 heteroatoms. The highest BCUT2D eigenvalue weighted by Crippen LogP contribution is 2.16. The molecule has 55 heavy (non-hydrogen) atoms. The summed E-state index contributed by atoms with van der Waals surface area (Å²) < 4.78 is 0. The third kappa shape index (κ3) is 15.6. The molecule has 0 aliphatic heterocycles. The van der Waals surface area contributed by atoms with Gasteiger partial charge in [0.25, 0.3) is 0 Å². The summed E-state index contributed by atoms with van der Waals surface area (Å²) in [6, 6.07) is 46.9. The SMILES string of the molecule is CCc1ccc(C#CC(=CCN(C)CC(=O)O)c2ccccc2)cc1.CN(CC=C(C#Cc1ccc(Cc2ccccc2)cc1)c1ccccc1)CC(=O)O. The maximum Gasteiger partial charge on any atom is 0.317 e. The van der Waals surface area contributed by atoms with Crippen LogP contribution < -0.4 is 0 Å². The zero-order chi connectivity index (χ0) is 39.3. The molecule has 6 nitrogen and oxygen atoms in total. The molecule has 5 aromatic carbocycles. The lowest BCUT2D eigenvalue weighted by atomic mass is 10.0. The molecule has 0 radical (unpaired) electrons. The average molecular weight is 729 g/mol. The molecule has 0 saturated heterocycles.